The second kappa shape index (κ2) is 5.06. The molecule has 1 unspecified atom stereocenters. The molecule has 88 valence electrons. The zero-order valence-corrected chi connectivity index (χ0v) is 10.1. The van der Waals surface area contributed by atoms with Gasteiger partial charge in [-0.1, -0.05) is 0 Å². The lowest BCUT2D eigenvalue weighted by Crippen LogP contribution is -2.08. The van der Waals surface area contributed by atoms with Gasteiger partial charge in [0.2, 0.25) is 0 Å². The summed E-state index contributed by atoms with van der Waals surface area (Å²) >= 11 is 1.65. The Labute approximate surface area is 99.4 Å². The van der Waals surface area contributed by atoms with Crippen molar-refractivity contribution >= 4 is 17.4 Å². The van der Waals surface area contributed by atoms with Gasteiger partial charge in [-0.05, 0) is 37.5 Å². The van der Waals surface area contributed by atoms with Crippen LogP contribution in [0.1, 0.15) is 18.4 Å². The predicted octanol–water partition coefficient (Wildman–Crippen LogP) is 2.99. The fourth-order valence-electron chi connectivity index (χ4n) is 1.75. The van der Waals surface area contributed by atoms with E-state index in [-0.39, 0.29) is 5.82 Å². The molecule has 1 aliphatic rings. The van der Waals surface area contributed by atoms with E-state index in [4.69, 9.17) is 10.5 Å². The molecule has 2 N–H and O–H groups in total. The number of hydrogen-bond acceptors (Lipinski definition) is 3. The van der Waals surface area contributed by atoms with Gasteiger partial charge in [0.15, 0.2) is 0 Å². The molecule has 1 atom stereocenters. The van der Waals surface area contributed by atoms with Crippen LogP contribution in [-0.4, -0.2) is 18.5 Å². The van der Waals surface area contributed by atoms with E-state index >= 15 is 0 Å². The SMILES string of the molecule is Cc1cc(SCC2CCCO2)c(N)cc1F. The number of ether oxygens (including phenoxy) is 1. The Hall–Kier alpha value is -0.740. The fourth-order valence-corrected chi connectivity index (χ4v) is 2.87. The Bertz CT molecular complexity index is 378. The largest absolute Gasteiger partial charge is 0.398 e. The number of anilines is 1. The Kier molecular flexibility index (Phi) is 3.71. The Balaban J connectivity index is 2.00. The maximum absolute atomic E-state index is 13.2. The van der Waals surface area contributed by atoms with Gasteiger partial charge < -0.3 is 10.5 Å². The average Bonchev–Trinajstić information content (AvgIpc) is 2.74. The zero-order chi connectivity index (χ0) is 11.5. The minimum Gasteiger partial charge on any atom is -0.398 e. The molecule has 0 saturated carbocycles. The van der Waals surface area contributed by atoms with Gasteiger partial charge in [-0.3, -0.25) is 0 Å². The van der Waals surface area contributed by atoms with Gasteiger partial charge in [0, 0.05) is 22.9 Å². The van der Waals surface area contributed by atoms with Gasteiger partial charge in [0.1, 0.15) is 5.82 Å². The summed E-state index contributed by atoms with van der Waals surface area (Å²) in [5, 5.41) is 0. The third kappa shape index (κ3) is 2.68. The summed E-state index contributed by atoms with van der Waals surface area (Å²) in [5.41, 5.74) is 6.94. The van der Waals surface area contributed by atoms with E-state index in [1.165, 1.54) is 6.07 Å². The minimum atomic E-state index is -0.237. The van der Waals surface area contributed by atoms with Crippen LogP contribution in [0.25, 0.3) is 0 Å². The van der Waals surface area contributed by atoms with Crippen LogP contribution in [0.4, 0.5) is 10.1 Å². The number of aryl methyl sites for hydroxylation is 1. The number of nitrogens with two attached hydrogens (primary N) is 1. The summed E-state index contributed by atoms with van der Waals surface area (Å²) < 4.78 is 18.7. The van der Waals surface area contributed by atoms with Crippen molar-refractivity contribution in [2.75, 3.05) is 18.1 Å². The van der Waals surface area contributed by atoms with E-state index in [0.29, 0.717) is 17.4 Å². The first-order valence-corrected chi connectivity index (χ1v) is 6.45. The molecule has 1 fully saturated rings. The van der Waals surface area contributed by atoms with E-state index in [0.717, 1.165) is 30.1 Å². The maximum Gasteiger partial charge on any atom is 0.128 e. The van der Waals surface area contributed by atoms with E-state index < -0.39 is 0 Å². The lowest BCUT2D eigenvalue weighted by molar-refractivity contribution is 0.129. The highest BCUT2D eigenvalue weighted by atomic mass is 32.2. The highest BCUT2D eigenvalue weighted by molar-refractivity contribution is 7.99. The van der Waals surface area contributed by atoms with Crippen LogP contribution >= 0.6 is 11.8 Å². The van der Waals surface area contributed by atoms with Gasteiger partial charge >= 0.3 is 0 Å². The van der Waals surface area contributed by atoms with Crippen molar-refractivity contribution in [1.29, 1.82) is 0 Å². The Morgan fingerprint density at radius 3 is 3.06 bits per heavy atom. The number of hydrogen-bond donors (Lipinski definition) is 1. The summed E-state index contributed by atoms with van der Waals surface area (Å²) in [6.45, 7) is 2.62. The van der Waals surface area contributed by atoms with Crippen LogP contribution in [0, 0.1) is 12.7 Å². The van der Waals surface area contributed by atoms with E-state index in [2.05, 4.69) is 0 Å². The van der Waals surface area contributed by atoms with E-state index in [1.54, 1.807) is 18.7 Å². The Morgan fingerprint density at radius 2 is 2.38 bits per heavy atom. The van der Waals surface area contributed by atoms with Gasteiger partial charge in [-0.25, -0.2) is 4.39 Å². The van der Waals surface area contributed by atoms with Gasteiger partial charge in [-0.15, -0.1) is 11.8 Å². The van der Waals surface area contributed by atoms with Gasteiger partial charge in [0.25, 0.3) is 0 Å². The first-order valence-electron chi connectivity index (χ1n) is 5.47. The molecule has 2 nitrogen and oxygen atoms in total. The summed E-state index contributed by atoms with van der Waals surface area (Å²) in [7, 11) is 0. The molecule has 1 aromatic rings. The standard InChI is InChI=1S/C12H16FNOS/c1-8-5-12(11(14)6-10(8)13)16-7-9-3-2-4-15-9/h5-6,9H,2-4,7,14H2,1H3. The molecule has 0 radical (unpaired) electrons. The fraction of sp³-hybridized carbons (Fsp3) is 0.500. The van der Waals surface area contributed by atoms with Crippen LogP contribution in [0.2, 0.25) is 0 Å². The van der Waals surface area contributed by atoms with Crippen LogP contribution < -0.4 is 5.73 Å². The Morgan fingerprint density at radius 1 is 1.56 bits per heavy atom. The topological polar surface area (TPSA) is 35.2 Å². The average molecular weight is 241 g/mol. The molecule has 0 amide bonds. The summed E-state index contributed by atoms with van der Waals surface area (Å²) in [5.74, 6) is 0.661. The molecule has 1 saturated heterocycles. The highest BCUT2D eigenvalue weighted by Crippen LogP contribution is 2.30. The summed E-state index contributed by atoms with van der Waals surface area (Å²) in [6, 6.07) is 3.21. The van der Waals surface area contributed by atoms with Crippen molar-refractivity contribution in [3.63, 3.8) is 0 Å². The van der Waals surface area contributed by atoms with Crippen molar-refractivity contribution in [2.24, 2.45) is 0 Å². The molecular formula is C12H16FNOS. The number of halogens is 1. The number of rotatable bonds is 3. The molecular weight excluding hydrogens is 225 g/mol. The molecule has 0 spiro atoms. The van der Waals surface area contributed by atoms with Crippen molar-refractivity contribution < 1.29 is 9.13 Å². The predicted molar refractivity (Wildman–Crippen MR) is 65.2 cm³/mol. The number of thioether (sulfide) groups is 1. The van der Waals surface area contributed by atoms with Crippen molar-refractivity contribution in [1.82, 2.24) is 0 Å². The lowest BCUT2D eigenvalue weighted by atomic mass is 10.2. The molecule has 16 heavy (non-hydrogen) atoms. The van der Waals surface area contributed by atoms with E-state index in [9.17, 15) is 4.39 Å². The minimum absolute atomic E-state index is 0.237. The molecule has 1 aliphatic heterocycles. The first-order chi connectivity index (χ1) is 7.66. The van der Waals surface area contributed by atoms with Crippen LogP contribution in [0.5, 0.6) is 0 Å². The van der Waals surface area contributed by atoms with Crippen molar-refractivity contribution in [3.8, 4) is 0 Å². The zero-order valence-electron chi connectivity index (χ0n) is 9.33. The number of nitrogen functional groups attached to an aromatic ring is 1. The molecule has 1 heterocycles. The third-order valence-electron chi connectivity index (χ3n) is 2.74. The van der Waals surface area contributed by atoms with E-state index in [1.807, 2.05) is 6.07 Å². The smallest absolute Gasteiger partial charge is 0.128 e. The normalized spacial score (nSPS) is 20.2. The molecule has 0 aliphatic carbocycles. The highest BCUT2D eigenvalue weighted by Gasteiger charge is 2.16. The first kappa shape index (κ1) is 11.7. The van der Waals surface area contributed by atoms with Gasteiger partial charge in [-0.2, -0.15) is 0 Å². The van der Waals surface area contributed by atoms with Crippen molar-refractivity contribution in [3.05, 3.63) is 23.5 Å². The van der Waals surface area contributed by atoms with Crippen molar-refractivity contribution in [2.45, 2.75) is 30.8 Å². The molecule has 0 bridgehead atoms. The quantitative estimate of drug-likeness (QED) is 0.652. The number of benzene rings is 1. The van der Waals surface area contributed by atoms with Crippen LogP contribution in [-0.2, 0) is 4.74 Å². The molecule has 2 rings (SSSR count). The van der Waals surface area contributed by atoms with Crippen LogP contribution in [0.3, 0.4) is 0 Å². The molecule has 1 aromatic carbocycles. The molecule has 4 heteroatoms. The summed E-state index contributed by atoms with van der Waals surface area (Å²) in [6.07, 6.45) is 2.59. The lowest BCUT2D eigenvalue weighted by Gasteiger charge is -2.11. The third-order valence-corrected chi connectivity index (χ3v) is 3.94. The van der Waals surface area contributed by atoms with Gasteiger partial charge in [0.05, 0.1) is 6.10 Å². The monoisotopic (exact) mass is 241 g/mol. The second-order valence-corrected chi connectivity index (χ2v) is 5.15. The summed E-state index contributed by atoms with van der Waals surface area (Å²) in [4.78, 5) is 0.953. The molecule has 0 aromatic heterocycles. The van der Waals surface area contributed by atoms with Crippen LogP contribution in [0.15, 0.2) is 17.0 Å². The maximum atomic E-state index is 13.2. The second-order valence-electron chi connectivity index (χ2n) is 4.09.